The molecule has 88 valence electrons. The largest absolute Gasteiger partial charge is 0.332 e. The summed E-state index contributed by atoms with van der Waals surface area (Å²) < 4.78 is 2.30. The molecule has 0 spiro atoms. The van der Waals surface area contributed by atoms with Gasteiger partial charge in [0, 0.05) is 5.54 Å². The number of rotatable bonds is 1. The van der Waals surface area contributed by atoms with E-state index >= 15 is 0 Å². The van der Waals surface area contributed by atoms with Gasteiger partial charge in [0.1, 0.15) is 0 Å². The van der Waals surface area contributed by atoms with Gasteiger partial charge in [0.15, 0.2) is 4.77 Å². The summed E-state index contributed by atoms with van der Waals surface area (Å²) in [4.78, 5) is 15.6. The van der Waals surface area contributed by atoms with E-state index in [2.05, 4.69) is 11.9 Å². The van der Waals surface area contributed by atoms with E-state index in [0.29, 0.717) is 10.2 Å². The van der Waals surface area contributed by atoms with Crippen molar-refractivity contribution >= 4 is 23.1 Å². The van der Waals surface area contributed by atoms with Crippen LogP contribution in [0.15, 0.2) is 29.1 Å². The van der Waals surface area contributed by atoms with Gasteiger partial charge in [0.05, 0.1) is 10.9 Å². The van der Waals surface area contributed by atoms with E-state index in [-0.39, 0.29) is 11.1 Å². The van der Waals surface area contributed by atoms with Crippen molar-refractivity contribution in [3.05, 3.63) is 39.4 Å². The Balaban J connectivity index is 2.40. The fourth-order valence-corrected chi connectivity index (χ4v) is 2.98. The zero-order valence-electron chi connectivity index (χ0n) is 9.69. The summed E-state index contributed by atoms with van der Waals surface area (Å²) in [6.45, 7) is 2.11. The van der Waals surface area contributed by atoms with Gasteiger partial charge in [0.2, 0.25) is 0 Å². The van der Waals surface area contributed by atoms with Crippen LogP contribution < -0.4 is 5.56 Å². The third-order valence-electron chi connectivity index (χ3n) is 3.78. The highest BCUT2D eigenvalue weighted by atomic mass is 32.1. The van der Waals surface area contributed by atoms with Crippen molar-refractivity contribution in [2.75, 3.05) is 0 Å². The number of nitrogens with one attached hydrogen (secondary N) is 1. The molecule has 0 atom stereocenters. The van der Waals surface area contributed by atoms with Gasteiger partial charge in [-0.1, -0.05) is 12.1 Å². The molecule has 3 nitrogen and oxygen atoms in total. The number of benzene rings is 1. The Morgan fingerprint density at radius 3 is 2.71 bits per heavy atom. The third-order valence-corrected chi connectivity index (χ3v) is 4.06. The molecular formula is C13H14N2OS. The van der Waals surface area contributed by atoms with E-state index < -0.39 is 0 Å². The Bertz CT molecular complexity index is 694. The summed E-state index contributed by atoms with van der Waals surface area (Å²) in [5.41, 5.74) is 0.766. The van der Waals surface area contributed by atoms with Crippen LogP contribution in [0.5, 0.6) is 0 Å². The number of H-pyrrole nitrogens is 1. The zero-order valence-corrected chi connectivity index (χ0v) is 10.5. The fraction of sp³-hybridized carbons (Fsp3) is 0.385. The van der Waals surface area contributed by atoms with Crippen LogP contribution >= 0.6 is 12.2 Å². The first kappa shape index (κ1) is 10.7. The maximum absolute atomic E-state index is 12.5. The van der Waals surface area contributed by atoms with Gasteiger partial charge >= 0.3 is 0 Å². The van der Waals surface area contributed by atoms with Crippen molar-refractivity contribution in [2.45, 2.75) is 31.7 Å². The van der Waals surface area contributed by atoms with Crippen LogP contribution in [-0.4, -0.2) is 9.55 Å². The Labute approximate surface area is 104 Å². The van der Waals surface area contributed by atoms with Gasteiger partial charge in [-0.15, -0.1) is 0 Å². The highest BCUT2D eigenvalue weighted by Gasteiger charge is 2.35. The first-order chi connectivity index (χ1) is 8.12. The molecule has 0 aliphatic heterocycles. The normalized spacial score (nSPS) is 17.9. The molecule has 0 radical (unpaired) electrons. The van der Waals surface area contributed by atoms with Crippen molar-refractivity contribution in [2.24, 2.45) is 0 Å². The Morgan fingerprint density at radius 2 is 2.06 bits per heavy atom. The molecule has 1 saturated carbocycles. The summed E-state index contributed by atoms with van der Waals surface area (Å²) in [5.74, 6) is 0. The predicted molar refractivity (Wildman–Crippen MR) is 70.9 cm³/mol. The van der Waals surface area contributed by atoms with Gasteiger partial charge < -0.3 is 4.98 Å². The van der Waals surface area contributed by atoms with Crippen LogP contribution in [0.1, 0.15) is 26.2 Å². The van der Waals surface area contributed by atoms with Gasteiger partial charge in [0.25, 0.3) is 5.56 Å². The number of aromatic amines is 1. The summed E-state index contributed by atoms with van der Waals surface area (Å²) in [6, 6.07) is 7.53. The molecule has 4 heteroatoms. The number of nitrogens with zero attached hydrogens (tertiary/aromatic N) is 1. The molecule has 1 N–H and O–H groups in total. The maximum atomic E-state index is 12.5. The molecule has 2 aromatic rings. The number of aromatic nitrogens is 2. The molecule has 0 unspecified atom stereocenters. The molecule has 0 bridgehead atoms. The molecule has 3 rings (SSSR count). The number of hydrogen-bond donors (Lipinski definition) is 1. The second-order valence-electron chi connectivity index (χ2n) is 4.97. The van der Waals surface area contributed by atoms with Gasteiger partial charge in [-0.05, 0) is 50.5 Å². The number of hydrogen-bond acceptors (Lipinski definition) is 2. The van der Waals surface area contributed by atoms with E-state index in [1.165, 1.54) is 6.42 Å². The van der Waals surface area contributed by atoms with Crippen molar-refractivity contribution in [1.82, 2.24) is 9.55 Å². The molecule has 1 aliphatic carbocycles. The lowest BCUT2D eigenvalue weighted by molar-refractivity contribution is 0.160. The summed E-state index contributed by atoms with van der Waals surface area (Å²) in [6.07, 6.45) is 3.23. The first-order valence-electron chi connectivity index (χ1n) is 5.86. The second-order valence-corrected chi connectivity index (χ2v) is 5.35. The number of fused-ring (bicyclic) bond motifs is 1. The van der Waals surface area contributed by atoms with Crippen molar-refractivity contribution < 1.29 is 0 Å². The zero-order chi connectivity index (χ0) is 12.0. The fourth-order valence-electron chi connectivity index (χ4n) is 2.56. The molecular weight excluding hydrogens is 232 g/mol. The maximum Gasteiger partial charge on any atom is 0.262 e. The van der Waals surface area contributed by atoms with Gasteiger partial charge in [-0.25, -0.2) is 0 Å². The molecule has 0 amide bonds. The van der Waals surface area contributed by atoms with Crippen LogP contribution in [0.25, 0.3) is 10.9 Å². The van der Waals surface area contributed by atoms with E-state index in [0.717, 1.165) is 18.4 Å². The van der Waals surface area contributed by atoms with Gasteiger partial charge in [-0.2, -0.15) is 0 Å². The van der Waals surface area contributed by atoms with Crippen molar-refractivity contribution in [1.29, 1.82) is 0 Å². The van der Waals surface area contributed by atoms with E-state index in [1.807, 2.05) is 24.3 Å². The van der Waals surface area contributed by atoms with Crippen LogP contribution in [0, 0.1) is 4.77 Å². The average Bonchev–Trinajstić information content (AvgIpc) is 2.26. The predicted octanol–water partition coefficient (Wildman–Crippen LogP) is 2.96. The Kier molecular flexibility index (Phi) is 2.23. The van der Waals surface area contributed by atoms with Crippen LogP contribution in [0.4, 0.5) is 0 Å². The minimum Gasteiger partial charge on any atom is -0.332 e. The monoisotopic (exact) mass is 246 g/mol. The summed E-state index contributed by atoms with van der Waals surface area (Å²) in [5, 5.41) is 0.717. The molecule has 1 aromatic heterocycles. The summed E-state index contributed by atoms with van der Waals surface area (Å²) in [7, 11) is 0. The molecule has 17 heavy (non-hydrogen) atoms. The molecule has 1 heterocycles. The smallest absolute Gasteiger partial charge is 0.262 e. The van der Waals surface area contributed by atoms with Crippen LogP contribution in [0.2, 0.25) is 0 Å². The second kappa shape index (κ2) is 3.53. The third kappa shape index (κ3) is 1.47. The Morgan fingerprint density at radius 1 is 1.35 bits per heavy atom. The van der Waals surface area contributed by atoms with Crippen molar-refractivity contribution in [3.8, 4) is 0 Å². The minimum atomic E-state index is -0.0886. The summed E-state index contributed by atoms with van der Waals surface area (Å²) >= 11 is 5.32. The topological polar surface area (TPSA) is 37.8 Å². The quantitative estimate of drug-likeness (QED) is 0.786. The van der Waals surface area contributed by atoms with E-state index in [1.54, 1.807) is 4.57 Å². The van der Waals surface area contributed by atoms with Crippen molar-refractivity contribution in [3.63, 3.8) is 0 Å². The highest BCUT2D eigenvalue weighted by molar-refractivity contribution is 7.71. The van der Waals surface area contributed by atoms with Gasteiger partial charge in [-0.3, -0.25) is 9.36 Å². The molecule has 1 fully saturated rings. The van der Waals surface area contributed by atoms with E-state index in [9.17, 15) is 4.79 Å². The molecule has 1 aliphatic rings. The highest BCUT2D eigenvalue weighted by Crippen LogP contribution is 2.37. The lowest BCUT2D eigenvalue weighted by Gasteiger charge is -2.40. The standard InChI is InChI=1S/C13H14N2OS/c1-13(7-4-8-13)15-11(16)9-5-2-3-6-10(9)14-12(15)17/h2-3,5-6H,4,7-8H2,1H3,(H,14,17). The number of para-hydroxylation sites is 1. The SMILES string of the molecule is CC1(n2c(=S)[nH]c3ccccc3c2=O)CCC1. The Hall–Kier alpha value is -1.42. The minimum absolute atomic E-state index is 0.0338. The lowest BCUT2D eigenvalue weighted by atomic mass is 9.78. The lowest BCUT2D eigenvalue weighted by Crippen LogP contribution is -2.44. The van der Waals surface area contributed by atoms with Crippen LogP contribution in [-0.2, 0) is 5.54 Å². The molecule has 1 aromatic carbocycles. The van der Waals surface area contributed by atoms with E-state index in [4.69, 9.17) is 12.2 Å². The average molecular weight is 246 g/mol. The van der Waals surface area contributed by atoms with Crippen LogP contribution in [0.3, 0.4) is 0 Å². The molecule has 0 saturated heterocycles. The first-order valence-corrected chi connectivity index (χ1v) is 6.27.